The van der Waals surface area contributed by atoms with E-state index in [1.807, 2.05) is 13.8 Å². The molecular weight excluding hydrogens is 107 g/mol. The molecule has 1 nitrogen and oxygen atoms in total. The van der Waals surface area contributed by atoms with Gasteiger partial charge in [0.2, 0.25) is 0 Å². The highest BCUT2D eigenvalue weighted by Gasteiger charge is 2.32. The third-order valence-corrected chi connectivity index (χ3v) is 0.806. The lowest BCUT2D eigenvalue weighted by atomic mass is 10.1. The van der Waals surface area contributed by atoms with Crippen molar-refractivity contribution in [1.29, 1.82) is 0 Å². The maximum absolute atomic E-state index is 12.1. The second-order valence-corrected chi connectivity index (χ2v) is 1.91. The van der Waals surface area contributed by atoms with Crippen molar-refractivity contribution >= 4 is 0 Å². The van der Waals surface area contributed by atoms with Crippen LogP contribution in [-0.4, -0.2) is 18.9 Å². The summed E-state index contributed by atoms with van der Waals surface area (Å²) in [4.78, 5) is 0. The third-order valence-electron chi connectivity index (χ3n) is 0.806. The van der Waals surface area contributed by atoms with Crippen LogP contribution in [0.4, 0.5) is 4.39 Å². The van der Waals surface area contributed by atoms with Crippen molar-refractivity contribution in [3.8, 4) is 0 Å². The Morgan fingerprint density at radius 1 is 1.38 bits per heavy atom. The molecule has 1 heterocycles. The van der Waals surface area contributed by atoms with Gasteiger partial charge < -0.3 is 4.74 Å². The average molecular weight is 120 g/mol. The smallest absolute Gasteiger partial charge is 0.154 e. The zero-order chi connectivity index (χ0) is 6.62. The molecule has 0 spiro atoms. The quantitative estimate of drug-likeness (QED) is 0.473. The van der Waals surface area contributed by atoms with Crippen molar-refractivity contribution in [2.24, 2.45) is 0 Å². The number of hydrogen-bond donors (Lipinski definition) is 0. The minimum Gasteiger partial charge on any atom is -0.375 e. The molecule has 0 N–H and O–H groups in total. The van der Waals surface area contributed by atoms with E-state index < -0.39 is 5.67 Å². The molecule has 2 heteroatoms. The van der Waals surface area contributed by atoms with E-state index in [1.165, 1.54) is 6.92 Å². The van der Waals surface area contributed by atoms with Gasteiger partial charge in [0.05, 0.1) is 13.2 Å². The fraction of sp³-hybridized carbons (Fsp3) is 1.00. The van der Waals surface area contributed by atoms with E-state index in [9.17, 15) is 4.39 Å². The Morgan fingerprint density at radius 3 is 1.62 bits per heavy atom. The van der Waals surface area contributed by atoms with Gasteiger partial charge in [0, 0.05) is 0 Å². The number of hydrogen-bond acceptors (Lipinski definition) is 1. The SMILES string of the molecule is CC.CC1(F)COC1. The van der Waals surface area contributed by atoms with Crippen molar-refractivity contribution < 1.29 is 9.13 Å². The van der Waals surface area contributed by atoms with Crippen LogP contribution in [0.3, 0.4) is 0 Å². The van der Waals surface area contributed by atoms with Gasteiger partial charge in [0.1, 0.15) is 0 Å². The van der Waals surface area contributed by atoms with E-state index in [1.54, 1.807) is 0 Å². The van der Waals surface area contributed by atoms with Crippen LogP contribution in [0.2, 0.25) is 0 Å². The van der Waals surface area contributed by atoms with Gasteiger partial charge in [-0.25, -0.2) is 4.39 Å². The summed E-state index contributed by atoms with van der Waals surface area (Å²) in [5.41, 5.74) is -1.00. The molecule has 0 unspecified atom stereocenters. The second-order valence-electron chi connectivity index (χ2n) is 1.91. The second kappa shape index (κ2) is 3.02. The molecule has 0 saturated carbocycles. The van der Waals surface area contributed by atoms with E-state index in [4.69, 9.17) is 0 Å². The molecule has 0 amide bonds. The first kappa shape index (κ1) is 7.89. The Bertz CT molecular complexity index is 55.5. The summed E-state index contributed by atoms with van der Waals surface area (Å²) < 4.78 is 16.6. The van der Waals surface area contributed by atoms with Crippen molar-refractivity contribution in [2.75, 3.05) is 13.2 Å². The highest BCUT2D eigenvalue weighted by Crippen LogP contribution is 2.19. The molecule has 1 rings (SSSR count). The van der Waals surface area contributed by atoms with Gasteiger partial charge in [0.25, 0.3) is 0 Å². The van der Waals surface area contributed by atoms with Crippen LogP contribution in [0.1, 0.15) is 20.8 Å². The van der Waals surface area contributed by atoms with Crippen molar-refractivity contribution in [3.63, 3.8) is 0 Å². The summed E-state index contributed by atoms with van der Waals surface area (Å²) in [6, 6.07) is 0. The minimum atomic E-state index is -1.00. The third kappa shape index (κ3) is 2.26. The summed E-state index contributed by atoms with van der Waals surface area (Å²) in [5.74, 6) is 0. The normalized spacial score (nSPS) is 22.5. The van der Waals surface area contributed by atoms with E-state index in [0.717, 1.165) is 0 Å². The molecule has 8 heavy (non-hydrogen) atoms. The summed E-state index contributed by atoms with van der Waals surface area (Å²) in [6.07, 6.45) is 0. The topological polar surface area (TPSA) is 9.23 Å². The van der Waals surface area contributed by atoms with Crippen LogP contribution in [0.5, 0.6) is 0 Å². The van der Waals surface area contributed by atoms with Crippen LogP contribution < -0.4 is 0 Å². The molecule has 0 aliphatic carbocycles. The van der Waals surface area contributed by atoms with Crippen LogP contribution in [0, 0.1) is 0 Å². The Hall–Kier alpha value is -0.110. The standard InChI is InChI=1S/C4H7FO.C2H6/c1-4(5)2-6-3-4;1-2/h2-3H2,1H3;1-2H3. The Labute approximate surface area is 49.8 Å². The molecule has 0 aromatic carbocycles. The maximum Gasteiger partial charge on any atom is 0.154 e. The number of alkyl halides is 1. The predicted molar refractivity (Wildman–Crippen MR) is 31.7 cm³/mol. The lowest BCUT2D eigenvalue weighted by molar-refractivity contribution is -0.118. The van der Waals surface area contributed by atoms with Crippen LogP contribution in [-0.2, 0) is 4.74 Å². The highest BCUT2D eigenvalue weighted by atomic mass is 19.1. The molecule has 1 aliphatic rings. The van der Waals surface area contributed by atoms with E-state index in [0.29, 0.717) is 0 Å². The van der Waals surface area contributed by atoms with Crippen molar-refractivity contribution in [2.45, 2.75) is 26.4 Å². The fourth-order valence-electron chi connectivity index (χ4n) is 0.383. The van der Waals surface area contributed by atoms with E-state index >= 15 is 0 Å². The average Bonchev–Trinajstić information content (AvgIpc) is 1.69. The molecule has 0 radical (unpaired) electrons. The first-order valence-electron chi connectivity index (χ1n) is 2.97. The molecule has 50 valence electrons. The van der Waals surface area contributed by atoms with Crippen LogP contribution in [0.25, 0.3) is 0 Å². The minimum absolute atomic E-state index is 0.285. The summed E-state index contributed by atoms with van der Waals surface area (Å²) in [7, 11) is 0. The number of rotatable bonds is 0. The van der Waals surface area contributed by atoms with Crippen molar-refractivity contribution in [1.82, 2.24) is 0 Å². The molecule has 1 fully saturated rings. The number of halogens is 1. The molecular formula is C6H13FO. The van der Waals surface area contributed by atoms with E-state index in [2.05, 4.69) is 4.74 Å². The molecule has 0 atom stereocenters. The largest absolute Gasteiger partial charge is 0.375 e. The predicted octanol–water partition coefficient (Wildman–Crippen LogP) is 1.77. The lowest BCUT2D eigenvalue weighted by Gasteiger charge is -2.29. The van der Waals surface area contributed by atoms with Gasteiger partial charge in [0.15, 0.2) is 5.67 Å². The summed E-state index contributed by atoms with van der Waals surface area (Å²) in [5, 5.41) is 0. The maximum atomic E-state index is 12.1. The first-order chi connectivity index (χ1) is 3.71. The zero-order valence-corrected chi connectivity index (χ0v) is 5.70. The van der Waals surface area contributed by atoms with Gasteiger partial charge in [-0.3, -0.25) is 0 Å². The van der Waals surface area contributed by atoms with Gasteiger partial charge in [-0.2, -0.15) is 0 Å². The Kier molecular flexibility index (Phi) is 2.98. The van der Waals surface area contributed by atoms with Gasteiger partial charge >= 0.3 is 0 Å². The first-order valence-corrected chi connectivity index (χ1v) is 2.97. The fourth-order valence-corrected chi connectivity index (χ4v) is 0.383. The van der Waals surface area contributed by atoms with Crippen LogP contribution in [0.15, 0.2) is 0 Å². The van der Waals surface area contributed by atoms with Gasteiger partial charge in [-0.05, 0) is 6.92 Å². The molecule has 1 saturated heterocycles. The Morgan fingerprint density at radius 2 is 1.62 bits per heavy atom. The lowest BCUT2D eigenvalue weighted by Crippen LogP contribution is -2.42. The summed E-state index contributed by atoms with van der Waals surface area (Å²) >= 11 is 0. The molecule has 0 aromatic rings. The van der Waals surface area contributed by atoms with Crippen molar-refractivity contribution in [3.05, 3.63) is 0 Å². The Balaban J connectivity index is 0.000000222. The van der Waals surface area contributed by atoms with E-state index in [-0.39, 0.29) is 13.2 Å². The van der Waals surface area contributed by atoms with Gasteiger partial charge in [-0.15, -0.1) is 0 Å². The molecule has 1 aliphatic heterocycles. The molecule has 0 bridgehead atoms. The zero-order valence-electron chi connectivity index (χ0n) is 5.70. The molecule has 0 aromatic heterocycles. The van der Waals surface area contributed by atoms with Gasteiger partial charge in [-0.1, -0.05) is 13.8 Å². The number of ether oxygens (including phenoxy) is 1. The highest BCUT2D eigenvalue weighted by molar-refractivity contribution is 4.79. The monoisotopic (exact) mass is 120 g/mol. The van der Waals surface area contributed by atoms with Crippen LogP contribution >= 0.6 is 0 Å². The summed E-state index contributed by atoms with van der Waals surface area (Å²) in [6.45, 7) is 6.11.